The normalized spacial score (nSPS) is 30.0. The molecular formula is C20H45N5. The van der Waals surface area contributed by atoms with Gasteiger partial charge in [-0.1, -0.05) is 0 Å². The zero-order chi connectivity index (χ0) is 19.6. The van der Waals surface area contributed by atoms with Crippen LogP contribution in [0.5, 0.6) is 0 Å². The minimum atomic E-state index is 0.0414. The molecule has 5 heteroatoms. The molecule has 5 N–H and O–H groups in total. The van der Waals surface area contributed by atoms with Crippen LogP contribution in [0.4, 0.5) is 0 Å². The molecule has 1 aliphatic heterocycles. The zero-order valence-electron chi connectivity index (χ0n) is 18.5. The maximum Gasteiger partial charge on any atom is 0.0250 e. The van der Waals surface area contributed by atoms with Crippen molar-refractivity contribution in [2.45, 2.75) is 96.9 Å². The first-order chi connectivity index (χ1) is 11.0. The summed E-state index contributed by atoms with van der Waals surface area (Å²) in [6, 6.07) is 0. The second kappa shape index (κ2) is 7.81. The average Bonchev–Trinajstić information content (AvgIpc) is 2.46. The molecule has 0 radical (unpaired) electrons. The second-order valence-corrected chi connectivity index (χ2v) is 11.2. The molecule has 1 rings (SSSR count). The van der Waals surface area contributed by atoms with Crippen LogP contribution in [0.15, 0.2) is 0 Å². The highest BCUT2D eigenvalue weighted by atomic mass is 15.1. The minimum Gasteiger partial charge on any atom is -0.309 e. The van der Waals surface area contributed by atoms with Gasteiger partial charge >= 0.3 is 0 Å². The third-order valence-electron chi connectivity index (χ3n) is 5.04. The van der Waals surface area contributed by atoms with E-state index >= 15 is 0 Å². The molecular weight excluding hydrogens is 310 g/mol. The highest BCUT2D eigenvalue weighted by Gasteiger charge is 2.30. The highest BCUT2D eigenvalue weighted by molar-refractivity contribution is 4.95. The summed E-state index contributed by atoms with van der Waals surface area (Å²) in [7, 11) is 0. The van der Waals surface area contributed by atoms with E-state index in [9.17, 15) is 0 Å². The van der Waals surface area contributed by atoms with Crippen LogP contribution < -0.4 is 26.6 Å². The highest BCUT2D eigenvalue weighted by Crippen LogP contribution is 2.13. The lowest BCUT2D eigenvalue weighted by Gasteiger charge is -2.37. The van der Waals surface area contributed by atoms with Gasteiger partial charge in [-0.25, -0.2) is 0 Å². The van der Waals surface area contributed by atoms with Gasteiger partial charge in [0.1, 0.15) is 0 Å². The van der Waals surface area contributed by atoms with E-state index in [0.717, 1.165) is 32.7 Å². The Morgan fingerprint density at radius 2 is 0.440 bits per heavy atom. The van der Waals surface area contributed by atoms with Gasteiger partial charge in [0, 0.05) is 60.4 Å². The number of hydrogen-bond donors (Lipinski definition) is 5. The number of nitrogens with one attached hydrogen (secondary N) is 5. The maximum atomic E-state index is 3.73. The van der Waals surface area contributed by atoms with E-state index in [2.05, 4.69) is 95.8 Å². The maximum absolute atomic E-state index is 3.73. The summed E-state index contributed by atoms with van der Waals surface area (Å²) in [5.74, 6) is 0. The Hall–Kier alpha value is -0.200. The second-order valence-electron chi connectivity index (χ2n) is 11.2. The van der Waals surface area contributed by atoms with E-state index in [1.54, 1.807) is 0 Å². The Balaban J connectivity index is 2.92. The number of rotatable bonds is 0. The van der Waals surface area contributed by atoms with Crippen LogP contribution in [0.2, 0.25) is 0 Å². The molecule has 0 unspecified atom stereocenters. The molecule has 0 saturated carbocycles. The van der Waals surface area contributed by atoms with E-state index in [4.69, 9.17) is 0 Å². The van der Waals surface area contributed by atoms with E-state index in [1.807, 2.05) is 0 Å². The van der Waals surface area contributed by atoms with Crippen molar-refractivity contribution < 1.29 is 0 Å². The van der Waals surface area contributed by atoms with Gasteiger partial charge in [-0.15, -0.1) is 0 Å². The molecule has 0 amide bonds. The van der Waals surface area contributed by atoms with Crippen molar-refractivity contribution in [3.05, 3.63) is 0 Å². The van der Waals surface area contributed by atoms with E-state index in [1.165, 1.54) is 0 Å². The van der Waals surface area contributed by atoms with Crippen molar-refractivity contribution in [3.8, 4) is 0 Å². The molecule has 0 atom stereocenters. The summed E-state index contributed by atoms with van der Waals surface area (Å²) in [4.78, 5) is 0. The van der Waals surface area contributed by atoms with Crippen LogP contribution in [0.3, 0.4) is 0 Å². The molecule has 1 saturated heterocycles. The number of hydrogen-bond acceptors (Lipinski definition) is 5. The Bertz CT molecular complexity index is 301. The SMILES string of the molecule is CC1(C)CNC(C)(C)CNC(C)(C)CNC(C)(C)CNC(C)(C)CN1. The lowest BCUT2D eigenvalue weighted by atomic mass is 9.97. The molecule has 0 aromatic rings. The third kappa shape index (κ3) is 9.34. The van der Waals surface area contributed by atoms with Crippen LogP contribution in [0, 0.1) is 0 Å². The first-order valence-corrected chi connectivity index (χ1v) is 9.79. The van der Waals surface area contributed by atoms with Crippen LogP contribution in [-0.4, -0.2) is 60.4 Å². The Morgan fingerprint density at radius 3 is 0.560 bits per heavy atom. The largest absolute Gasteiger partial charge is 0.309 e. The molecule has 1 heterocycles. The fraction of sp³-hybridized carbons (Fsp3) is 1.00. The average molecular weight is 356 g/mol. The van der Waals surface area contributed by atoms with Crippen LogP contribution in [-0.2, 0) is 0 Å². The standard InChI is InChI=1S/C20H45N5/c1-16(2)11-22-18(5,6)13-24-20(9,10)15-25-19(7,8)14-23-17(3,4)12-21-16/h21-25H,11-15H2,1-10H3. The monoisotopic (exact) mass is 355 g/mol. The summed E-state index contributed by atoms with van der Waals surface area (Å²) in [6.45, 7) is 27.4. The predicted molar refractivity (Wildman–Crippen MR) is 110 cm³/mol. The van der Waals surface area contributed by atoms with Crippen molar-refractivity contribution in [1.29, 1.82) is 0 Å². The van der Waals surface area contributed by atoms with Crippen LogP contribution in [0.1, 0.15) is 69.2 Å². The molecule has 0 bridgehead atoms. The van der Waals surface area contributed by atoms with Gasteiger partial charge in [-0.2, -0.15) is 0 Å². The topological polar surface area (TPSA) is 60.1 Å². The predicted octanol–water partition coefficient (Wildman–Crippen LogP) is 1.84. The van der Waals surface area contributed by atoms with Crippen molar-refractivity contribution in [2.24, 2.45) is 0 Å². The Labute approximate surface area is 156 Å². The van der Waals surface area contributed by atoms with E-state index < -0.39 is 0 Å². The summed E-state index contributed by atoms with van der Waals surface area (Å²) < 4.78 is 0. The van der Waals surface area contributed by atoms with Crippen molar-refractivity contribution in [1.82, 2.24) is 26.6 Å². The smallest absolute Gasteiger partial charge is 0.0250 e. The molecule has 0 aliphatic carbocycles. The fourth-order valence-electron chi connectivity index (χ4n) is 2.61. The van der Waals surface area contributed by atoms with Crippen LogP contribution in [0.25, 0.3) is 0 Å². The molecule has 1 aliphatic rings. The summed E-state index contributed by atoms with van der Waals surface area (Å²) in [6.07, 6.45) is 0. The van der Waals surface area contributed by atoms with Gasteiger partial charge < -0.3 is 26.6 Å². The summed E-state index contributed by atoms with van der Waals surface area (Å²) >= 11 is 0. The first kappa shape index (κ1) is 22.8. The third-order valence-corrected chi connectivity index (χ3v) is 5.04. The minimum absolute atomic E-state index is 0.0414. The summed E-state index contributed by atoms with van der Waals surface area (Å²) in [5, 5.41) is 18.7. The van der Waals surface area contributed by atoms with Gasteiger partial charge in [0.05, 0.1) is 0 Å². The van der Waals surface area contributed by atoms with Crippen LogP contribution >= 0.6 is 0 Å². The van der Waals surface area contributed by atoms with Crippen molar-refractivity contribution in [2.75, 3.05) is 32.7 Å². The van der Waals surface area contributed by atoms with Gasteiger partial charge in [0.25, 0.3) is 0 Å². The Morgan fingerprint density at radius 1 is 0.320 bits per heavy atom. The lowest BCUT2D eigenvalue weighted by molar-refractivity contribution is 0.254. The van der Waals surface area contributed by atoms with Crippen molar-refractivity contribution >= 4 is 0 Å². The van der Waals surface area contributed by atoms with E-state index in [0.29, 0.717) is 0 Å². The first-order valence-electron chi connectivity index (χ1n) is 9.79. The molecule has 25 heavy (non-hydrogen) atoms. The van der Waals surface area contributed by atoms with Gasteiger partial charge in [0.15, 0.2) is 0 Å². The molecule has 0 aromatic carbocycles. The van der Waals surface area contributed by atoms with Gasteiger partial charge in [0.2, 0.25) is 0 Å². The zero-order valence-corrected chi connectivity index (χ0v) is 18.5. The molecule has 5 nitrogen and oxygen atoms in total. The lowest BCUT2D eigenvalue weighted by Crippen LogP contribution is -2.60. The molecule has 1 fully saturated rings. The van der Waals surface area contributed by atoms with Crippen molar-refractivity contribution in [3.63, 3.8) is 0 Å². The molecule has 0 aromatic heterocycles. The summed E-state index contributed by atoms with van der Waals surface area (Å²) in [5.41, 5.74) is 0.207. The molecule has 150 valence electrons. The quantitative estimate of drug-likeness (QED) is 0.459. The van der Waals surface area contributed by atoms with E-state index in [-0.39, 0.29) is 27.7 Å². The fourth-order valence-corrected chi connectivity index (χ4v) is 2.61. The van der Waals surface area contributed by atoms with Gasteiger partial charge in [-0.3, -0.25) is 0 Å². The Kier molecular flexibility index (Phi) is 7.14. The van der Waals surface area contributed by atoms with Gasteiger partial charge in [-0.05, 0) is 69.2 Å². The molecule has 0 spiro atoms.